The van der Waals surface area contributed by atoms with Crippen LogP contribution in [0.2, 0.25) is 0 Å². The van der Waals surface area contributed by atoms with Crippen molar-refractivity contribution >= 4 is 17.6 Å². The zero-order valence-corrected chi connectivity index (χ0v) is 15.6. The molecule has 0 bridgehead atoms. The summed E-state index contributed by atoms with van der Waals surface area (Å²) in [5, 5.41) is 10.7. The highest BCUT2D eigenvalue weighted by Gasteiger charge is 2.36. The molecule has 1 aromatic heterocycles. The maximum Gasteiger partial charge on any atom is 0.315 e. The molecule has 2 atom stereocenters. The van der Waals surface area contributed by atoms with Gasteiger partial charge in [0.2, 0.25) is 0 Å². The molecule has 0 N–H and O–H groups in total. The van der Waals surface area contributed by atoms with Gasteiger partial charge in [0.25, 0.3) is 5.69 Å². The van der Waals surface area contributed by atoms with E-state index in [1.165, 1.54) is 19.4 Å². The smallest absolute Gasteiger partial charge is 0.315 e. The van der Waals surface area contributed by atoms with Gasteiger partial charge < -0.3 is 9.47 Å². The average Bonchev–Trinajstić information content (AvgIpc) is 2.69. The van der Waals surface area contributed by atoms with Crippen molar-refractivity contribution in [2.45, 2.75) is 32.1 Å². The predicted octanol–water partition coefficient (Wildman–Crippen LogP) is 2.98. The number of ether oxygens (including phenoxy) is 2. The lowest BCUT2D eigenvalue weighted by Crippen LogP contribution is -2.32. The minimum absolute atomic E-state index is 0.0104. The fourth-order valence-electron chi connectivity index (χ4n) is 3.27. The van der Waals surface area contributed by atoms with Crippen LogP contribution in [-0.2, 0) is 27.2 Å². The van der Waals surface area contributed by atoms with Crippen LogP contribution in [0, 0.1) is 16.0 Å². The highest BCUT2D eigenvalue weighted by Crippen LogP contribution is 2.39. The molecule has 8 heteroatoms. The van der Waals surface area contributed by atoms with Crippen molar-refractivity contribution in [3.8, 4) is 5.75 Å². The van der Waals surface area contributed by atoms with Crippen molar-refractivity contribution in [2.75, 3.05) is 7.11 Å². The second-order valence-corrected chi connectivity index (χ2v) is 6.73. The number of aryl methyl sites for hydroxylation is 2. The number of carbonyl (C=O) groups excluding carboxylic acids is 2. The molecule has 2 heterocycles. The first-order valence-corrected chi connectivity index (χ1v) is 8.89. The normalized spacial score (nSPS) is 18.1. The monoisotopic (exact) mass is 384 g/mol. The van der Waals surface area contributed by atoms with Crippen molar-refractivity contribution in [3.05, 3.63) is 63.5 Å². The first-order chi connectivity index (χ1) is 13.4. The van der Waals surface area contributed by atoms with E-state index in [1.807, 2.05) is 25.1 Å². The van der Waals surface area contributed by atoms with Crippen LogP contribution in [-0.4, -0.2) is 29.0 Å². The maximum atomic E-state index is 12.3. The molecule has 0 saturated carbocycles. The van der Waals surface area contributed by atoms with Gasteiger partial charge in [-0.05, 0) is 42.0 Å². The Hall–Kier alpha value is -3.29. The molecule has 0 fully saturated rings. The number of methoxy groups -OCH3 is 1. The molecule has 1 aliphatic heterocycles. The highest BCUT2D eigenvalue weighted by atomic mass is 16.6. The third-order valence-corrected chi connectivity index (χ3v) is 4.99. The second-order valence-electron chi connectivity index (χ2n) is 6.73. The van der Waals surface area contributed by atoms with E-state index in [1.54, 1.807) is 6.07 Å². The maximum absolute atomic E-state index is 12.3. The van der Waals surface area contributed by atoms with E-state index < -0.39 is 22.8 Å². The molecule has 0 radical (unpaired) electrons. The fraction of sp³-hybridized carbons (Fsp3) is 0.350. The predicted molar refractivity (Wildman–Crippen MR) is 98.9 cm³/mol. The van der Waals surface area contributed by atoms with E-state index in [0.29, 0.717) is 18.6 Å². The molecule has 0 spiro atoms. The molecule has 0 amide bonds. The quantitative estimate of drug-likeness (QED) is 0.326. The van der Waals surface area contributed by atoms with Gasteiger partial charge in [-0.2, -0.15) is 0 Å². The standard InChI is InChI=1S/C20H20N2O6/c1-12-16-8-4-13(3-5-14-6-7-15(11-21-14)22(25)26)9-18(16)28-20(24)17(12)10-19(23)27-2/h4,6-9,11-12,17H,3,5,10H2,1-2H3. The van der Waals surface area contributed by atoms with Crippen molar-refractivity contribution in [3.63, 3.8) is 0 Å². The van der Waals surface area contributed by atoms with Gasteiger partial charge in [0.05, 0.1) is 24.4 Å². The van der Waals surface area contributed by atoms with Crippen molar-refractivity contribution in [2.24, 2.45) is 5.92 Å². The van der Waals surface area contributed by atoms with E-state index in [0.717, 1.165) is 16.8 Å². The lowest BCUT2D eigenvalue weighted by atomic mass is 9.82. The summed E-state index contributed by atoms with van der Waals surface area (Å²) in [6.45, 7) is 1.90. The molecule has 146 valence electrons. The summed E-state index contributed by atoms with van der Waals surface area (Å²) in [7, 11) is 1.29. The van der Waals surface area contributed by atoms with Crippen LogP contribution in [0.3, 0.4) is 0 Å². The fourth-order valence-corrected chi connectivity index (χ4v) is 3.27. The summed E-state index contributed by atoms with van der Waals surface area (Å²) in [6.07, 6.45) is 2.48. The van der Waals surface area contributed by atoms with Crippen LogP contribution in [0.1, 0.15) is 36.1 Å². The Morgan fingerprint density at radius 2 is 2.07 bits per heavy atom. The number of aromatic nitrogens is 1. The van der Waals surface area contributed by atoms with E-state index >= 15 is 0 Å². The van der Waals surface area contributed by atoms with Gasteiger partial charge in [-0.15, -0.1) is 0 Å². The number of fused-ring (bicyclic) bond motifs is 1. The van der Waals surface area contributed by atoms with Crippen LogP contribution in [0.4, 0.5) is 5.69 Å². The van der Waals surface area contributed by atoms with Crippen LogP contribution < -0.4 is 4.74 Å². The van der Waals surface area contributed by atoms with Crippen LogP contribution >= 0.6 is 0 Å². The van der Waals surface area contributed by atoms with Crippen LogP contribution in [0.15, 0.2) is 36.5 Å². The van der Waals surface area contributed by atoms with Crippen LogP contribution in [0.25, 0.3) is 0 Å². The molecule has 28 heavy (non-hydrogen) atoms. The van der Waals surface area contributed by atoms with Gasteiger partial charge in [0, 0.05) is 11.8 Å². The lowest BCUT2D eigenvalue weighted by molar-refractivity contribution is -0.385. The molecule has 2 aromatic rings. The zero-order valence-electron chi connectivity index (χ0n) is 15.6. The van der Waals surface area contributed by atoms with Gasteiger partial charge in [0.1, 0.15) is 11.9 Å². The van der Waals surface area contributed by atoms with Crippen molar-refractivity contribution in [1.82, 2.24) is 4.98 Å². The highest BCUT2D eigenvalue weighted by molar-refractivity contribution is 5.84. The summed E-state index contributed by atoms with van der Waals surface area (Å²) >= 11 is 0. The van der Waals surface area contributed by atoms with Crippen molar-refractivity contribution < 1.29 is 24.0 Å². The minimum Gasteiger partial charge on any atom is -0.469 e. The number of pyridine rings is 1. The molecule has 0 saturated heterocycles. The Morgan fingerprint density at radius 3 is 2.71 bits per heavy atom. The molecule has 1 aromatic carbocycles. The van der Waals surface area contributed by atoms with E-state index in [9.17, 15) is 19.7 Å². The number of benzene rings is 1. The number of nitro groups is 1. The largest absolute Gasteiger partial charge is 0.469 e. The van der Waals surface area contributed by atoms with Gasteiger partial charge >= 0.3 is 11.9 Å². The first kappa shape index (κ1) is 19.5. The summed E-state index contributed by atoms with van der Waals surface area (Å²) in [6, 6.07) is 8.75. The first-order valence-electron chi connectivity index (χ1n) is 8.89. The van der Waals surface area contributed by atoms with Crippen LogP contribution in [0.5, 0.6) is 5.75 Å². The SMILES string of the molecule is COC(=O)CC1C(=O)Oc2cc(CCc3ccc([N+](=O)[O-])cn3)ccc2C1C. The molecule has 3 rings (SSSR count). The average molecular weight is 384 g/mol. The molecule has 1 aliphatic rings. The Bertz CT molecular complexity index is 909. The molecule has 2 unspecified atom stereocenters. The minimum atomic E-state index is -0.560. The Labute approximate surface area is 161 Å². The number of esters is 2. The van der Waals surface area contributed by atoms with Crippen molar-refractivity contribution in [1.29, 1.82) is 0 Å². The summed E-state index contributed by atoms with van der Waals surface area (Å²) < 4.78 is 10.1. The summed E-state index contributed by atoms with van der Waals surface area (Å²) in [5.74, 6) is -1.08. The van der Waals surface area contributed by atoms with E-state index in [2.05, 4.69) is 9.72 Å². The number of hydrogen-bond donors (Lipinski definition) is 0. The Kier molecular flexibility index (Phi) is 5.67. The van der Waals surface area contributed by atoms with E-state index in [4.69, 9.17) is 4.74 Å². The third-order valence-electron chi connectivity index (χ3n) is 4.99. The number of carbonyl (C=O) groups is 2. The zero-order chi connectivity index (χ0) is 20.3. The number of nitrogens with zero attached hydrogens (tertiary/aromatic N) is 2. The van der Waals surface area contributed by atoms with Gasteiger partial charge in [0.15, 0.2) is 0 Å². The lowest BCUT2D eigenvalue weighted by Gasteiger charge is -2.29. The Balaban J connectivity index is 1.70. The van der Waals surface area contributed by atoms with Gasteiger partial charge in [-0.3, -0.25) is 24.7 Å². The third kappa shape index (κ3) is 4.16. The number of rotatable bonds is 6. The Morgan fingerprint density at radius 1 is 1.29 bits per heavy atom. The number of hydrogen-bond acceptors (Lipinski definition) is 7. The van der Waals surface area contributed by atoms with Gasteiger partial charge in [-0.25, -0.2) is 0 Å². The second kappa shape index (κ2) is 8.16. The molecule has 8 nitrogen and oxygen atoms in total. The van der Waals surface area contributed by atoms with Gasteiger partial charge in [-0.1, -0.05) is 19.1 Å². The topological polar surface area (TPSA) is 109 Å². The van der Waals surface area contributed by atoms with E-state index in [-0.39, 0.29) is 18.0 Å². The summed E-state index contributed by atoms with van der Waals surface area (Å²) in [4.78, 5) is 38.1. The molecular weight excluding hydrogens is 364 g/mol. The molecule has 0 aliphatic carbocycles. The summed E-state index contributed by atoms with van der Waals surface area (Å²) in [5.41, 5.74) is 2.54. The molecular formula is C20H20N2O6.